The van der Waals surface area contributed by atoms with Crippen molar-refractivity contribution in [2.45, 2.75) is 109 Å². The van der Waals surface area contributed by atoms with Gasteiger partial charge in [-0.15, -0.1) is 0 Å². The zero-order valence-corrected chi connectivity index (χ0v) is 21.5. The quantitative estimate of drug-likeness (QED) is 0.379. The van der Waals surface area contributed by atoms with E-state index in [1.54, 1.807) is 34.6 Å². The molecule has 2 saturated heterocycles. The van der Waals surface area contributed by atoms with Gasteiger partial charge in [-0.2, -0.15) is 5.26 Å². The fourth-order valence-electron chi connectivity index (χ4n) is 3.63. The summed E-state index contributed by atoms with van der Waals surface area (Å²) in [6.07, 6.45) is -1.03. The summed E-state index contributed by atoms with van der Waals surface area (Å²) >= 11 is 0. The molecule has 0 radical (unpaired) electrons. The molecule has 176 valence electrons. The number of aliphatic hydroxyl groups excluding tert-OH is 1. The van der Waals surface area contributed by atoms with Crippen molar-refractivity contribution in [2.24, 2.45) is 0 Å². The van der Waals surface area contributed by atoms with Gasteiger partial charge in [0.2, 0.25) is 0 Å². The smallest absolute Gasteiger partial charge is 0.411 e. The Labute approximate surface area is 187 Å². The Balaban J connectivity index is 2.48. The van der Waals surface area contributed by atoms with Crippen molar-refractivity contribution in [1.29, 1.82) is 5.26 Å². The van der Waals surface area contributed by atoms with Gasteiger partial charge in [-0.25, -0.2) is 4.79 Å². The van der Waals surface area contributed by atoms with E-state index in [1.165, 1.54) is 4.90 Å². The molecule has 0 aromatic carbocycles. The molecule has 0 aromatic heterocycles. The molecule has 8 nitrogen and oxygen atoms in total. The number of carbonyl (C=O) groups excluding carboxylic acids is 1. The number of carbonyl (C=O) groups is 1. The summed E-state index contributed by atoms with van der Waals surface area (Å²) in [5.41, 5.74) is -0.724. The van der Waals surface area contributed by atoms with Gasteiger partial charge in [0.15, 0.2) is 14.1 Å². The molecule has 0 aliphatic carbocycles. The third-order valence-corrected chi connectivity index (χ3v) is 10.6. The summed E-state index contributed by atoms with van der Waals surface area (Å²) in [7, 11) is -2.13. The lowest BCUT2D eigenvalue weighted by Gasteiger charge is -2.39. The van der Waals surface area contributed by atoms with Gasteiger partial charge in [-0.1, -0.05) is 20.8 Å². The van der Waals surface area contributed by atoms with Crippen LogP contribution in [0.25, 0.3) is 0 Å². The van der Waals surface area contributed by atoms with Crippen molar-refractivity contribution in [3.63, 3.8) is 0 Å². The summed E-state index contributed by atoms with van der Waals surface area (Å²) in [6, 6.07) is 0.612. The van der Waals surface area contributed by atoms with Gasteiger partial charge in [0.25, 0.3) is 0 Å². The highest BCUT2D eigenvalue weighted by Gasteiger charge is 2.61. The van der Waals surface area contributed by atoms with Gasteiger partial charge >= 0.3 is 6.09 Å². The Morgan fingerprint density at radius 1 is 1.19 bits per heavy atom. The highest BCUT2D eigenvalue weighted by molar-refractivity contribution is 6.74. The van der Waals surface area contributed by atoms with Crippen LogP contribution in [0.5, 0.6) is 0 Å². The van der Waals surface area contributed by atoms with E-state index in [4.69, 9.17) is 18.6 Å². The Hall–Kier alpha value is -1.60. The molecule has 4 unspecified atom stereocenters. The van der Waals surface area contributed by atoms with Crippen LogP contribution in [0.1, 0.15) is 55.4 Å². The molecule has 0 spiro atoms. The number of nitriles is 1. The number of hydrogen-bond acceptors (Lipinski definition) is 7. The first-order valence-corrected chi connectivity index (χ1v) is 13.6. The first-order chi connectivity index (χ1) is 13.9. The second-order valence-electron chi connectivity index (χ2n) is 11.2. The summed E-state index contributed by atoms with van der Waals surface area (Å²) in [5, 5.41) is 19.4. The van der Waals surface area contributed by atoms with E-state index in [1.807, 2.05) is 6.07 Å². The van der Waals surface area contributed by atoms with Gasteiger partial charge in [0.05, 0.1) is 24.5 Å². The van der Waals surface area contributed by atoms with Crippen LogP contribution in [0.2, 0.25) is 18.1 Å². The highest BCUT2D eigenvalue weighted by Crippen LogP contribution is 2.44. The van der Waals surface area contributed by atoms with Crippen molar-refractivity contribution in [1.82, 2.24) is 4.90 Å². The maximum Gasteiger partial charge on any atom is 0.411 e. The lowest BCUT2D eigenvalue weighted by molar-refractivity contribution is -0.166. The van der Waals surface area contributed by atoms with Crippen LogP contribution >= 0.6 is 0 Å². The third-order valence-electron chi connectivity index (χ3n) is 6.12. The summed E-state index contributed by atoms with van der Waals surface area (Å²) in [6.45, 7) is 19.9. The minimum Gasteiger partial charge on any atom is -0.514 e. The van der Waals surface area contributed by atoms with E-state index in [-0.39, 0.29) is 17.2 Å². The first kappa shape index (κ1) is 25.7. The normalized spacial score (nSPS) is 28.9. The van der Waals surface area contributed by atoms with Gasteiger partial charge in [-0.05, 0) is 52.8 Å². The van der Waals surface area contributed by atoms with E-state index >= 15 is 0 Å². The minimum absolute atomic E-state index is 0.0111. The molecular weight excluding hydrogens is 416 g/mol. The monoisotopic (exact) mass is 454 g/mol. The van der Waals surface area contributed by atoms with Gasteiger partial charge in [-0.3, -0.25) is 4.90 Å². The Morgan fingerprint density at radius 3 is 2.19 bits per heavy atom. The molecule has 0 saturated carbocycles. The molecule has 2 aliphatic heterocycles. The van der Waals surface area contributed by atoms with Gasteiger partial charge < -0.3 is 23.7 Å². The average Bonchev–Trinajstić information content (AvgIpc) is 3.03. The molecule has 31 heavy (non-hydrogen) atoms. The van der Waals surface area contributed by atoms with Crippen molar-refractivity contribution in [3.8, 4) is 6.07 Å². The van der Waals surface area contributed by atoms with Crippen LogP contribution in [0, 0.1) is 11.3 Å². The second-order valence-corrected chi connectivity index (χ2v) is 16.0. The fraction of sp³-hybridized carbons (Fsp3) is 0.818. The third kappa shape index (κ3) is 5.42. The predicted octanol–water partition coefficient (Wildman–Crippen LogP) is 4.48. The van der Waals surface area contributed by atoms with E-state index in [9.17, 15) is 15.2 Å². The second kappa shape index (κ2) is 8.39. The Kier molecular flexibility index (Phi) is 6.95. The first-order valence-electron chi connectivity index (χ1n) is 10.7. The van der Waals surface area contributed by atoms with E-state index in [0.29, 0.717) is 0 Å². The number of fused-ring (bicyclic) bond motifs is 1. The molecule has 2 heterocycles. The number of nitrogens with zero attached hydrogens (tertiary/aromatic N) is 2. The van der Waals surface area contributed by atoms with Crippen molar-refractivity contribution in [2.75, 3.05) is 6.61 Å². The summed E-state index contributed by atoms with van der Waals surface area (Å²) in [5.74, 6) is -0.890. The largest absolute Gasteiger partial charge is 0.514 e. The van der Waals surface area contributed by atoms with Crippen LogP contribution in [-0.4, -0.2) is 66.7 Å². The van der Waals surface area contributed by atoms with Crippen LogP contribution in [0.15, 0.2) is 11.8 Å². The van der Waals surface area contributed by atoms with Crippen molar-refractivity contribution >= 4 is 14.4 Å². The fourth-order valence-corrected chi connectivity index (χ4v) is 4.65. The van der Waals surface area contributed by atoms with Crippen LogP contribution in [0.4, 0.5) is 4.79 Å². The molecule has 1 N–H and O–H groups in total. The average molecular weight is 455 g/mol. The van der Waals surface area contributed by atoms with E-state index in [2.05, 4.69) is 33.9 Å². The number of hydrogen-bond donors (Lipinski definition) is 1. The molecule has 4 atom stereocenters. The lowest BCUT2D eigenvalue weighted by atomic mass is 10.0. The maximum absolute atomic E-state index is 13.3. The molecule has 2 aliphatic rings. The van der Waals surface area contributed by atoms with Crippen LogP contribution in [0.3, 0.4) is 0 Å². The Morgan fingerprint density at radius 2 is 1.74 bits per heavy atom. The minimum atomic E-state index is -2.13. The summed E-state index contributed by atoms with van der Waals surface area (Å²) < 4.78 is 24.4. The number of ether oxygens (including phenoxy) is 3. The summed E-state index contributed by atoms with van der Waals surface area (Å²) in [4.78, 5) is 14.7. The van der Waals surface area contributed by atoms with Crippen LogP contribution < -0.4 is 0 Å². The number of amides is 1. The standard InChI is InChI=1S/C22H38N2O6Si/c1-20(2,3)30-19(26)24-15(13-27-31(9,10)21(4,5)6)17-18(29-22(7,8)28-17)16(24)14(11-23)12-25/h12,15-18,25H,13H2,1-10H3/b14-12+. The molecule has 0 bridgehead atoms. The zero-order chi connectivity index (χ0) is 24.0. The number of likely N-dealkylation sites (tertiary alicyclic amines) is 1. The zero-order valence-electron chi connectivity index (χ0n) is 20.5. The molecule has 9 heteroatoms. The number of rotatable bonds is 4. The molecule has 2 fully saturated rings. The lowest BCUT2D eigenvalue weighted by Crippen LogP contribution is -2.52. The maximum atomic E-state index is 13.3. The Bertz CT molecular complexity index is 759. The predicted molar refractivity (Wildman–Crippen MR) is 119 cm³/mol. The molecule has 0 aromatic rings. The van der Waals surface area contributed by atoms with Crippen molar-refractivity contribution < 1.29 is 28.5 Å². The molecule has 2 rings (SSSR count). The van der Waals surface area contributed by atoms with Crippen LogP contribution in [-0.2, 0) is 18.6 Å². The topological polar surface area (TPSA) is 101 Å². The van der Waals surface area contributed by atoms with Gasteiger partial charge in [0, 0.05) is 0 Å². The SMILES string of the molecule is CC(C)(C)OC(=O)N1C(CO[Si](C)(C)C(C)(C)C)C2OC(C)(C)OC2C1/C(C#N)=C/O. The van der Waals surface area contributed by atoms with E-state index in [0.717, 1.165) is 6.26 Å². The highest BCUT2D eigenvalue weighted by atomic mass is 28.4. The number of aliphatic hydroxyl groups is 1. The molecule has 1 amide bonds. The van der Waals surface area contributed by atoms with E-state index < -0.39 is 50.1 Å². The molecular formula is C22H38N2O6Si. The van der Waals surface area contributed by atoms with Gasteiger partial charge in [0.1, 0.15) is 29.9 Å². The van der Waals surface area contributed by atoms with Crippen molar-refractivity contribution in [3.05, 3.63) is 11.8 Å².